The van der Waals surface area contributed by atoms with Gasteiger partial charge in [-0.2, -0.15) is 9.78 Å². The molecule has 2 aromatic carbocycles. The standard InChI is InChI=1S/C26H28N6O3/c1-34-20-13-12-16(14-21(20)35-2)15-28-32-24(27)22(26(33)29-17-8-4-3-5-9-17)23-25(32)31-19-11-7-6-10-18(19)30-23/h6-7,10-15,17H,3-5,8-9,27H2,1-2H3,(H,29,33). The van der Waals surface area contributed by atoms with Gasteiger partial charge >= 0.3 is 0 Å². The van der Waals surface area contributed by atoms with E-state index < -0.39 is 0 Å². The fourth-order valence-electron chi connectivity index (χ4n) is 4.55. The summed E-state index contributed by atoms with van der Waals surface area (Å²) in [6, 6.07) is 13.1. The van der Waals surface area contributed by atoms with Crippen molar-refractivity contribution in [3.05, 3.63) is 53.6 Å². The quantitative estimate of drug-likeness (QED) is 0.408. The lowest BCUT2D eigenvalue weighted by Crippen LogP contribution is -2.36. The summed E-state index contributed by atoms with van der Waals surface area (Å²) in [7, 11) is 3.16. The highest BCUT2D eigenvalue weighted by Crippen LogP contribution is 2.30. The van der Waals surface area contributed by atoms with Crippen LogP contribution in [0.25, 0.3) is 22.2 Å². The Balaban J connectivity index is 1.60. The minimum Gasteiger partial charge on any atom is -0.493 e. The molecule has 4 aromatic rings. The molecule has 180 valence electrons. The van der Waals surface area contributed by atoms with Crippen LogP contribution in [0.3, 0.4) is 0 Å². The first-order chi connectivity index (χ1) is 17.1. The van der Waals surface area contributed by atoms with Crippen molar-refractivity contribution < 1.29 is 14.3 Å². The van der Waals surface area contributed by atoms with Crippen molar-refractivity contribution in [2.75, 3.05) is 20.0 Å². The SMILES string of the molecule is COc1ccc(C=Nn2c(N)c(C(=O)NC3CCCCC3)c3nc4ccccc4nc32)cc1OC. The molecule has 9 nitrogen and oxygen atoms in total. The molecule has 5 rings (SSSR count). The highest BCUT2D eigenvalue weighted by molar-refractivity contribution is 6.10. The minimum absolute atomic E-state index is 0.137. The maximum absolute atomic E-state index is 13.4. The fraction of sp³-hybridized carbons (Fsp3) is 0.308. The number of benzene rings is 2. The predicted molar refractivity (Wildman–Crippen MR) is 136 cm³/mol. The number of hydrogen-bond acceptors (Lipinski definition) is 7. The van der Waals surface area contributed by atoms with Crippen molar-refractivity contribution >= 4 is 40.1 Å². The zero-order valence-electron chi connectivity index (χ0n) is 19.8. The lowest BCUT2D eigenvalue weighted by Gasteiger charge is -2.22. The smallest absolute Gasteiger partial charge is 0.257 e. The number of amides is 1. The summed E-state index contributed by atoms with van der Waals surface area (Å²) in [6.07, 6.45) is 7.00. The number of hydrogen-bond donors (Lipinski definition) is 2. The number of nitrogens with one attached hydrogen (secondary N) is 1. The Hall–Kier alpha value is -4.14. The number of ether oxygens (including phenoxy) is 2. The van der Waals surface area contributed by atoms with Gasteiger partial charge in [-0.25, -0.2) is 9.97 Å². The van der Waals surface area contributed by atoms with Gasteiger partial charge in [0.25, 0.3) is 5.91 Å². The Morgan fingerprint density at radius 1 is 1.06 bits per heavy atom. The largest absolute Gasteiger partial charge is 0.493 e. The second kappa shape index (κ2) is 9.61. The van der Waals surface area contributed by atoms with Crippen molar-refractivity contribution in [3.63, 3.8) is 0 Å². The summed E-state index contributed by atoms with van der Waals surface area (Å²) >= 11 is 0. The van der Waals surface area contributed by atoms with Crippen LogP contribution in [0.1, 0.15) is 48.0 Å². The minimum atomic E-state index is -0.246. The molecule has 0 radical (unpaired) electrons. The van der Waals surface area contributed by atoms with E-state index in [9.17, 15) is 4.79 Å². The molecular weight excluding hydrogens is 444 g/mol. The molecule has 9 heteroatoms. The van der Waals surface area contributed by atoms with Gasteiger partial charge in [-0.3, -0.25) is 4.79 Å². The van der Waals surface area contributed by atoms with Gasteiger partial charge in [-0.05, 0) is 48.7 Å². The van der Waals surface area contributed by atoms with E-state index in [-0.39, 0.29) is 17.8 Å². The van der Waals surface area contributed by atoms with Crippen molar-refractivity contribution in [3.8, 4) is 11.5 Å². The summed E-state index contributed by atoms with van der Waals surface area (Å²) in [5.41, 5.74) is 9.82. The molecule has 3 N–H and O–H groups in total. The molecule has 1 saturated carbocycles. The third kappa shape index (κ3) is 4.37. The van der Waals surface area contributed by atoms with E-state index in [4.69, 9.17) is 25.2 Å². The number of carbonyl (C=O) groups excluding carboxylic acids is 1. The average molecular weight is 473 g/mol. The number of anilines is 1. The van der Waals surface area contributed by atoms with Crippen LogP contribution in [0, 0.1) is 0 Å². The summed E-state index contributed by atoms with van der Waals surface area (Å²) < 4.78 is 12.2. The molecule has 1 aliphatic rings. The van der Waals surface area contributed by atoms with Crippen LogP contribution in [0.5, 0.6) is 11.5 Å². The second-order valence-corrected chi connectivity index (χ2v) is 8.62. The first kappa shape index (κ1) is 22.6. The normalized spacial score (nSPS) is 14.6. The molecular formula is C26H28N6O3. The van der Waals surface area contributed by atoms with Crippen molar-refractivity contribution in [1.82, 2.24) is 20.0 Å². The molecule has 1 fully saturated rings. The zero-order chi connectivity index (χ0) is 24.4. The van der Waals surface area contributed by atoms with E-state index in [0.717, 1.165) is 31.2 Å². The fourth-order valence-corrected chi connectivity index (χ4v) is 4.55. The number of methoxy groups -OCH3 is 2. The van der Waals surface area contributed by atoms with Gasteiger partial charge in [0, 0.05) is 6.04 Å². The van der Waals surface area contributed by atoms with Gasteiger partial charge in [-0.15, -0.1) is 0 Å². The van der Waals surface area contributed by atoms with Gasteiger partial charge in [0.2, 0.25) is 0 Å². The summed E-state index contributed by atoms with van der Waals surface area (Å²) in [5, 5.41) is 7.73. The van der Waals surface area contributed by atoms with E-state index >= 15 is 0 Å². The first-order valence-electron chi connectivity index (χ1n) is 11.7. The van der Waals surface area contributed by atoms with Gasteiger partial charge in [0.05, 0.1) is 31.5 Å². The van der Waals surface area contributed by atoms with Crippen molar-refractivity contribution in [2.24, 2.45) is 5.10 Å². The molecule has 0 spiro atoms. The third-order valence-corrected chi connectivity index (χ3v) is 6.37. The molecule has 1 amide bonds. The highest BCUT2D eigenvalue weighted by atomic mass is 16.5. The van der Waals surface area contributed by atoms with Crippen LogP contribution in [-0.4, -0.2) is 47.0 Å². The molecule has 0 unspecified atom stereocenters. The average Bonchev–Trinajstić information content (AvgIpc) is 3.16. The number of nitrogens with zero attached hydrogens (tertiary/aromatic N) is 4. The number of nitrogens with two attached hydrogens (primary N) is 1. The topological polar surface area (TPSA) is 117 Å². The van der Waals surface area contributed by atoms with Gasteiger partial charge in [0.1, 0.15) is 16.9 Å². The van der Waals surface area contributed by atoms with E-state index in [1.54, 1.807) is 26.5 Å². The van der Waals surface area contributed by atoms with Gasteiger partial charge in [0.15, 0.2) is 17.1 Å². The predicted octanol–water partition coefficient (Wildman–Crippen LogP) is 4.13. The molecule has 0 saturated heterocycles. The van der Waals surface area contributed by atoms with Crippen LogP contribution in [-0.2, 0) is 0 Å². The lowest BCUT2D eigenvalue weighted by molar-refractivity contribution is 0.0930. The maximum Gasteiger partial charge on any atom is 0.257 e. The Morgan fingerprint density at radius 2 is 1.77 bits per heavy atom. The molecule has 2 aromatic heterocycles. The number of carbonyl (C=O) groups is 1. The number of nitrogen functional groups attached to an aromatic ring is 1. The molecule has 0 bridgehead atoms. The molecule has 2 heterocycles. The number of para-hydroxylation sites is 2. The Kier molecular flexibility index (Phi) is 6.22. The summed E-state index contributed by atoms with van der Waals surface area (Å²) in [5.74, 6) is 1.15. The zero-order valence-corrected chi connectivity index (χ0v) is 19.8. The van der Waals surface area contributed by atoms with Gasteiger partial charge in [-0.1, -0.05) is 31.4 Å². The summed E-state index contributed by atoms with van der Waals surface area (Å²) in [6.45, 7) is 0. The number of aromatic nitrogens is 3. The van der Waals surface area contributed by atoms with E-state index in [1.807, 2.05) is 36.4 Å². The van der Waals surface area contributed by atoms with E-state index in [2.05, 4.69) is 10.4 Å². The van der Waals surface area contributed by atoms with Crippen molar-refractivity contribution in [2.45, 2.75) is 38.1 Å². The molecule has 0 aliphatic heterocycles. The lowest BCUT2D eigenvalue weighted by atomic mass is 9.95. The van der Waals surface area contributed by atoms with Gasteiger partial charge < -0.3 is 20.5 Å². The Morgan fingerprint density at radius 3 is 2.49 bits per heavy atom. The van der Waals surface area contributed by atoms with E-state index in [0.29, 0.717) is 39.3 Å². The Labute approximate surface area is 202 Å². The van der Waals surface area contributed by atoms with E-state index in [1.165, 1.54) is 11.1 Å². The molecule has 0 atom stereocenters. The summed E-state index contributed by atoms with van der Waals surface area (Å²) in [4.78, 5) is 22.9. The van der Waals surface area contributed by atoms with Crippen LogP contribution in [0.15, 0.2) is 47.6 Å². The van der Waals surface area contributed by atoms with Crippen LogP contribution >= 0.6 is 0 Å². The van der Waals surface area contributed by atoms with Crippen LogP contribution < -0.4 is 20.5 Å². The highest BCUT2D eigenvalue weighted by Gasteiger charge is 2.26. The number of rotatable bonds is 6. The molecule has 35 heavy (non-hydrogen) atoms. The third-order valence-electron chi connectivity index (χ3n) is 6.37. The maximum atomic E-state index is 13.4. The second-order valence-electron chi connectivity index (χ2n) is 8.62. The van der Waals surface area contributed by atoms with Crippen molar-refractivity contribution in [1.29, 1.82) is 0 Å². The Bertz CT molecular complexity index is 1420. The molecule has 1 aliphatic carbocycles. The first-order valence-corrected chi connectivity index (χ1v) is 11.7. The van der Waals surface area contributed by atoms with Crippen LogP contribution in [0.4, 0.5) is 5.82 Å². The number of fused-ring (bicyclic) bond motifs is 2. The monoisotopic (exact) mass is 472 g/mol. The van der Waals surface area contributed by atoms with Crippen LogP contribution in [0.2, 0.25) is 0 Å².